The number of nitrogens with zero attached hydrogens (tertiary/aromatic N) is 3. The van der Waals surface area contributed by atoms with Gasteiger partial charge in [0.25, 0.3) is 0 Å². The molecular formula is C26H37FN3O3+. The van der Waals surface area contributed by atoms with Gasteiger partial charge in [0, 0.05) is 39.6 Å². The van der Waals surface area contributed by atoms with Crippen LogP contribution in [0.5, 0.6) is 0 Å². The first-order valence-corrected chi connectivity index (χ1v) is 11.8. The minimum Gasteiger partial charge on any atom is -0.369 e. The fraction of sp³-hybridized carbons (Fsp3) is 0.577. The van der Waals surface area contributed by atoms with Crippen LogP contribution in [0.2, 0.25) is 0 Å². The van der Waals surface area contributed by atoms with Gasteiger partial charge in [-0.1, -0.05) is 18.7 Å². The van der Waals surface area contributed by atoms with Crippen LogP contribution in [0.4, 0.5) is 4.39 Å². The maximum absolute atomic E-state index is 14.4. The van der Waals surface area contributed by atoms with E-state index in [1.165, 1.54) is 6.08 Å². The molecule has 1 atom stereocenters. The predicted molar refractivity (Wildman–Crippen MR) is 127 cm³/mol. The highest BCUT2D eigenvalue weighted by molar-refractivity contribution is 5.89. The summed E-state index contributed by atoms with van der Waals surface area (Å²) < 4.78 is 22.7. The summed E-state index contributed by atoms with van der Waals surface area (Å²) in [5.74, 6) is -0.0680. The zero-order valence-corrected chi connectivity index (χ0v) is 20.3. The highest BCUT2D eigenvalue weighted by Gasteiger charge is 2.32. The van der Waals surface area contributed by atoms with Crippen molar-refractivity contribution in [1.29, 1.82) is 0 Å². The molecular weight excluding hydrogens is 421 g/mol. The molecule has 2 amide bonds. The number of halogens is 1. The van der Waals surface area contributed by atoms with E-state index in [2.05, 4.69) is 11.5 Å². The number of rotatable bonds is 7. The molecule has 0 N–H and O–H groups in total. The highest BCUT2D eigenvalue weighted by atomic mass is 19.1. The highest BCUT2D eigenvalue weighted by Crippen LogP contribution is 2.32. The summed E-state index contributed by atoms with van der Waals surface area (Å²) in [7, 11) is 3.60. The summed E-state index contributed by atoms with van der Waals surface area (Å²) in [6.07, 6.45) is 4.37. The molecule has 2 aliphatic rings. The molecule has 180 valence electrons. The number of hydrogen-bond acceptors (Lipinski definition) is 4. The van der Waals surface area contributed by atoms with E-state index in [0.717, 1.165) is 43.5 Å². The topological polar surface area (TPSA) is 52.9 Å². The predicted octanol–water partition coefficient (Wildman–Crippen LogP) is 3.34. The maximum atomic E-state index is 14.4. The zero-order chi connectivity index (χ0) is 24.1. The second-order valence-electron chi connectivity index (χ2n) is 9.50. The summed E-state index contributed by atoms with van der Waals surface area (Å²) in [4.78, 5) is 28.3. The average Bonchev–Trinajstić information content (AvgIpc) is 2.80. The van der Waals surface area contributed by atoms with E-state index >= 15 is 0 Å². The second-order valence-corrected chi connectivity index (χ2v) is 9.50. The van der Waals surface area contributed by atoms with Crippen LogP contribution in [0.25, 0.3) is 0 Å². The Morgan fingerprint density at radius 3 is 2.55 bits per heavy atom. The minimum atomic E-state index is -0.277. The summed E-state index contributed by atoms with van der Waals surface area (Å²) in [5, 5.41) is 0. The van der Waals surface area contributed by atoms with Crippen molar-refractivity contribution in [3.8, 4) is 0 Å². The SMILES string of the molecule is C=CC(=O)[N+]1=C(C)CN(CC(OC2CCC(C(=O)N(C)C)CC2)c2ccc(C)c(F)c2)CC1. The smallest absolute Gasteiger partial charge is 0.369 e. The number of carbonyl (C=O) groups excluding carboxylic acids is 2. The Morgan fingerprint density at radius 1 is 1.27 bits per heavy atom. The van der Waals surface area contributed by atoms with E-state index in [9.17, 15) is 14.0 Å². The maximum Gasteiger partial charge on any atom is 0.411 e. The monoisotopic (exact) mass is 458 g/mol. The van der Waals surface area contributed by atoms with Crippen LogP contribution >= 0.6 is 0 Å². The lowest BCUT2D eigenvalue weighted by atomic mass is 9.86. The Bertz CT molecular complexity index is 919. The molecule has 1 saturated carbocycles. The molecule has 1 aliphatic heterocycles. The number of carbonyl (C=O) groups is 2. The van der Waals surface area contributed by atoms with Crippen LogP contribution in [0.1, 0.15) is 49.8 Å². The molecule has 1 aliphatic carbocycles. The molecule has 0 spiro atoms. The van der Waals surface area contributed by atoms with Gasteiger partial charge in [-0.25, -0.2) is 9.18 Å². The molecule has 1 unspecified atom stereocenters. The van der Waals surface area contributed by atoms with Gasteiger partial charge in [0.1, 0.15) is 5.82 Å². The van der Waals surface area contributed by atoms with Gasteiger partial charge in [0.05, 0.1) is 25.3 Å². The average molecular weight is 459 g/mol. The summed E-state index contributed by atoms with van der Waals surface area (Å²) in [6.45, 7) is 9.88. The van der Waals surface area contributed by atoms with Gasteiger partial charge >= 0.3 is 5.91 Å². The summed E-state index contributed by atoms with van der Waals surface area (Å²) in [6, 6.07) is 5.32. The molecule has 0 saturated heterocycles. The van der Waals surface area contributed by atoms with Crippen molar-refractivity contribution in [3.05, 3.63) is 47.8 Å². The van der Waals surface area contributed by atoms with Crippen molar-refractivity contribution >= 4 is 17.5 Å². The standard InChI is InChI=1S/C26H37FN3O3/c1-6-25(31)30-14-13-29(16-19(30)3)17-24(21-8-7-18(2)23(27)15-21)33-22-11-9-20(10-12-22)26(32)28(4)5/h6-8,15,20,22,24H,1,9-14,16-17H2,2-5H3/q+1. The van der Waals surface area contributed by atoms with Gasteiger partial charge in [0.15, 0.2) is 12.3 Å². The Morgan fingerprint density at radius 2 is 1.97 bits per heavy atom. The molecule has 0 aromatic heterocycles. The van der Waals surface area contributed by atoms with E-state index in [4.69, 9.17) is 4.74 Å². The zero-order valence-electron chi connectivity index (χ0n) is 20.3. The largest absolute Gasteiger partial charge is 0.411 e. The normalized spacial score (nSPS) is 22.7. The van der Waals surface area contributed by atoms with Crippen molar-refractivity contribution in [3.63, 3.8) is 0 Å². The fourth-order valence-electron chi connectivity index (χ4n) is 4.80. The quantitative estimate of drug-likeness (QED) is 0.465. The Kier molecular flexibility index (Phi) is 8.54. The number of amides is 2. The molecule has 6 nitrogen and oxygen atoms in total. The first-order valence-electron chi connectivity index (χ1n) is 11.8. The Balaban J connectivity index is 1.71. The molecule has 1 heterocycles. The molecule has 0 bridgehead atoms. The molecule has 7 heteroatoms. The van der Waals surface area contributed by atoms with Crippen LogP contribution in [0.15, 0.2) is 30.9 Å². The van der Waals surface area contributed by atoms with Gasteiger partial charge in [0.2, 0.25) is 5.91 Å². The first kappa shape index (κ1) is 25.2. The van der Waals surface area contributed by atoms with E-state index in [-0.39, 0.29) is 35.8 Å². The molecule has 1 aromatic rings. The van der Waals surface area contributed by atoms with E-state index in [1.807, 2.05) is 13.0 Å². The third kappa shape index (κ3) is 6.36. The Labute approximate surface area is 196 Å². The van der Waals surface area contributed by atoms with Crippen LogP contribution in [-0.4, -0.2) is 78.3 Å². The Hall–Kier alpha value is -2.38. The number of hydrogen-bond donors (Lipinski definition) is 0. The van der Waals surface area contributed by atoms with Gasteiger partial charge in [-0.15, -0.1) is 0 Å². The molecule has 1 aromatic carbocycles. The van der Waals surface area contributed by atoms with Crippen LogP contribution < -0.4 is 0 Å². The second kappa shape index (κ2) is 11.2. The van der Waals surface area contributed by atoms with Crippen molar-refractivity contribution < 1.29 is 23.3 Å². The number of aryl methyl sites for hydroxylation is 1. The lowest BCUT2D eigenvalue weighted by molar-refractivity contribution is -0.452. The van der Waals surface area contributed by atoms with Gasteiger partial charge in [-0.2, -0.15) is 4.58 Å². The lowest BCUT2D eigenvalue weighted by Gasteiger charge is -2.34. The van der Waals surface area contributed by atoms with Gasteiger partial charge < -0.3 is 9.64 Å². The molecule has 3 rings (SSSR count). The summed E-state index contributed by atoms with van der Waals surface area (Å²) in [5.41, 5.74) is 2.41. The molecule has 1 fully saturated rings. The van der Waals surface area contributed by atoms with Gasteiger partial charge in [-0.05, 0) is 49.8 Å². The minimum absolute atomic E-state index is 0.0410. The number of benzene rings is 1. The third-order valence-electron chi connectivity index (χ3n) is 6.81. The van der Waals surface area contributed by atoms with Crippen molar-refractivity contribution in [2.24, 2.45) is 5.92 Å². The fourth-order valence-corrected chi connectivity index (χ4v) is 4.80. The van der Waals surface area contributed by atoms with Gasteiger partial charge in [-0.3, -0.25) is 9.69 Å². The molecule has 33 heavy (non-hydrogen) atoms. The lowest BCUT2D eigenvalue weighted by Crippen LogP contribution is -2.47. The van der Waals surface area contributed by atoms with Crippen LogP contribution in [0, 0.1) is 18.7 Å². The number of ether oxygens (including phenoxy) is 1. The van der Waals surface area contributed by atoms with E-state index < -0.39 is 0 Å². The third-order valence-corrected chi connectivity index (χ3v) is 6.81. The molecule has 0 radical (unpaired) electrons. The van der Waals surface area contributed by atoms with E-state index in [1.54, 1.807) is 42.6 Å². The summed E-state index contributed by atoms with van der Waals surface area (Å²) >= 11 is 0. The van der Waals surface area contributed by atoms with Crippen LogP contribution in [-0.2, 0) is 14.3 Å². The van der Waals surface area contributed by atoms with Crippen molar-refractivity contribution in [2.45, 2.75) is 51.7 Å². The first-order chi connectivity index (χ1) is 15.7. The van der Waals surface area contributed by atoms with Crippen molar-refractivity contribution in [2.75, 3.05) is 40.3 Å². The van der Waals surface area contributed by atoms with Crippen LogP contribution in [0.3, 0.4) is 0 Å². The van der Waals surface area contributed by atoms with Crippen molar-refractivity contribution in [1.82, 2.24) is 9.80 Å². The van der Waals surface area contributed by atoms with E-state index in [0.29, 0.717) is 25.2 Å².